The zero-order chi connectivity index (χ0) is 16.6. The molecule has 0 radical (unpaired) electrons. The Bertz CT molecular complexity index is 483. The maximum atomic E-state index is 11.9. The van der Waals surface area contributed by atoms with Crippen LogP contribution in [0.1, 0.15) is 34.1 Å². The maximum absolute atomic E-state index is 11.9. The van der Waals surface area contributed by atoms with Gasteiger partial charge in [-0.3, -0.25) is 9.59 Å². The minimum atomic E-state index is -0.506. The van der Waals surface area contributed by atoms with Crippen LogP contribution in [0, 0.1) is 5.41 Å². The van der Waals surface area contributed by atoms with E-state index < -0.39 is 11.5 Å². The number of nitrogens with one attached hydrogen (secondary N) is 2. The van der Waals surface area contributed by atoms with Crippen LogP contribution in [0.25, 0.3) is 0 Å². The van der Waals surface area contributed by atoms with Gasteiger partial charge in [0.05, 0.1) is 0 Å². The van der Waals surface area contributed by atoms with E-state index in [2.05, 4.69) is 22.8 Å². The van der Waals surface area contributed by atoms with Gasteiger partial charge in [-0.15, -0.1) is 11.8 Å². The van der Waals surface area contributed by atoms with Gasteiger partial charge in [0.1, 0.15) is 6.04 Å². The minimum absolute atomic E-state index is 0.116. The SMILES string of the molecule is CC(NC(=O)C(C)(C)C)C(=O)NCCCSc1ccccc1. The molecule has 0 aliphatic heterocycles. The first-order valence-electron chi connectivity index (χ1n) is 7.57. The molecule has 5 heteroatoms. The van der Waals surface area contributed by atoms with E-state index in [0.29, 0.717) is 6.54 Å². The third-order valence-corrected chi connectivity index (χ3v) is 4.15. The van der Waals surface area contributed by atoms with E-state index in [1.807, 2.05) is 39.0 Å². The smallest absolute Gasteiger partial charge is 0.242 e. The van der Waals surface area contributed by atoms with Gasteiger partial charge in [-0.2, -0.15) is 0 Å². The Kier molecular flexibility index (Phi) is 7.45. The molecule has 2 amide bonds. The zero-order valence-corrected chi connectivity index (χ0v) is 14.6. The molecule has 0 bridgehead atoms. The molecule has 0 spiro atoms. The zero-order valence-electron chi connectivity index (χ0n) is 13.8. The fourth-order valence-electron chi connectivity index (χ4n) is 1.62. The molecule has 22 heavy (non-hydrogen) atoms. The number of hydrogen-bond donors (Lipinski definition) is 2. The van der Waals surface area contributed by atoms with Crippen LogP contribution < -0.4 is 10.6 Å². The summed E-state index contributed by atoms with van der Waals surface area (Å²) in [5, 5.41) is 5.59. The third-order valence-electron chi connectivity index (χ3n) is 3.05. The summed E-state index contributed by atoms with van der Waals surface area (Å²) < 4.78 is 0. The van der Waals surface area contributed by atoms with E-state index in [-0.39, 0.29) is 11.8 Å². The second kappa shape index (κ2) is 8.83. The van der Waals surface area contributed by atoms with Crippen LogP contribution in [0.5, 0.6) is 0 Å². The molecule has 2 N–H and O–H groups in total. The molecule has 1 aromatic carbocycles. The van der Waals surface area contributed by atoms with Crippen molar-refractivity contribution in [1.82, 2.24) is 10.6 Å². The van der Waals surface area contributed by atoms with Gasteiger partial charge < -0.3 is 10.6 Å². The molecular weight excluding hydrogens is 296 g/mol. The summed E-state index contributed by atoms with van der Waals surface area (Å²) in [6.07, 6.45) is 0.894. The Morgan fingerprint density at radius 2 is 1.82 bits per heavy atom. The Hall–Kier alpha value is -1.49. The van der Waals surface area contributed by atoms with Crippen molar-refractivity contribution >= 4 is 23.6 Å². The first-order chi connectivity index (χ1) is 10.3. The molecule has 4 nitrogen and oxygen atoms in total. The van der Waals surface area contributed by atoms with Crippen molar-refractivity contribution < 1.29 is 9.59 Å². The molecule has 0 saturated heterocycles. The Balaban J connectivity index is 2.19. The average molecular weight is 322 g/mol. The van der Waals surface area contributed by atoms with Gasteiger partial charge in [0.25, 0.3) is 0 Å². The van der Waals surface area contributed by atoms with Gasteiger partial charge in [0.2, 0.25) is 11.8 Å². The summed E-state index contributed by atoms with van der Waals surface area (Å²) in [5.41, 5.74) is -0.485. The monoisotopic (exact) mass is 322 g/mol. The summed E-state index contributed by atoms with van der Waals surface area (Å²) in [6.45, 7) is 7.81. The lowest BCUT2D eigenvalue weighted by atomic mass is 9.95. The molecule has 0 aromatic heterocycles. The Morgan fingerprint density at radius 1 is 1.18 bits per heavy atom. The summed E-state index contributed by atoms with van der Waals surface area (Å²) >= 11 is 1.77. The van der Waals surface area contributed by atoms with Crippen molar-refractivity contribution in [1.29, 1.82) is 0 Å². The number of amides is 2. The van der Waals surface area contributed by atoms with Crippen LogP contribution in [0.4, 0.5) is 0 Å². The normalized spacial score (nSPS) is 12.5. The van der Waals surface area contributed by atoms with Crippen LogP contribution in [-0.2, 0) is 9.59 Å². The molecule has 0 heterocycles. The maximum Gasteiger partial charge on any atom is 0.242 e. The Labute approximate surface area is 137 Å². The van der Waals surface area contributed by atoms with Gasteiger partial charge in [0.15, 0.2) is 0 Å². The van der Waals surface area contributed by atoms with Crippen molar-refractivity contribution in [3.05, 3.63) is 30.3 Å². The van der Waals surface area contributed by atoms with E-state index >= 15 is 0 Å². The molecule has 0 saturated carbocycles. The van der Waals surface area contributed by atoms with Crippen molar-refractivity contribution in [3.8, 4) is 0 Å². The molecule has 0 aliphatic rings. The average Bonchev–Trinajstić information content (AvgIpc) is 2.46. The summed E-state index contributed by atoms with van der Waals surface area (Å²) in [6, 6.07) is 9.68. The van der Waals surface area contributed by atoms with Crippen LogP contribution >= 0.6 is 11.8 Å². The molecular formula is C17H26N2O2S. The molecule has 122 valence electrons. The van der Waals surface area contributed by atoms with Gasteiger partial charge in [-0.1, -0.05) is 39.0 Å². The third kappa shape index (κ3) is 6.98. The number of thioether (sulfide) groups is 1. The number of rotatable bonds is 7. The fourth-order valence-corrected chi connectivity index (χ4v) is 2.50. The molecule has 0 aliphatic carbocycles. The van der Waals surface area contributed by atoms with E-state index in [1.54, 1.807) is 18.7 Å². The number of hydrogen-bond acceptors (Lipinski definition) is 3. The van der Waals surface area contributed by atoms with E-state index in [1.165, 1.54) is 4.90 Å². The van der Waals surface area contributed by atoms with Gasteiger partial charge in [-0.05, 0) is 31.2 Å². The lowest BCUT2D eigenvalue weighted by molar-refractivity contribution is -0.133. The quantitative estimate of drug-likeness (QED) is 0.599. The van der Waals surface area contributed by atoms with Crippen LogP contribution in [-0.4, -0.2) is 30.2 Å². The topological polar surface area (TPSA) is 58.2 Å². The van der Waals surface area contributed by atoms with Crippen molar-refractivity contribution in [2.45, 2.75) is 45.1 Å². The highest BCUT2D eigenvalue weighted by atomic mass is 32.2. The predicted molar refractivity (Wildman–Crippen MR) is 91.9 cm³/mol. The fraction of sp³-hybridized carbons (Fsp3) is 0.529. The number of carbonyl (C=O) groups excluding carboxylic acids is 2. The minimum Gasteiger partial charge on any atom is -0.354 e. The van der Waals surface area contributed by atoms with Crippen molar-refractivity contribution in [2.24, 2.45) is 5.41 Å². The highest BCUT2D eigenvalue weighted by Gasteiger charge is 2.24. The van der Waals surface area contributed by atoms with Crippen LogP contribution in [0.3, 0.4) is 0 Å². The Morgan fingerprint density at radius 3 is 2.41 bits per heavy atom. The van der Waals surface area contributed by atoms with Crippen molar-refractivity contribution in [2.75, 3.05) is 12.3 Å². The predicted octanol–water partition coefficient (Wildman–Crippen LogP) is 2.84. The summed E-state index contributed by atoms with van der Waals surface area (Å²) in [7, 11) is 0. The summed E-state index contributed by atoms with van der Waals surface area (Å²) in [5.74, 6) is 0.699. The van der Waals surface area contributed by atoms with E-state index in [9.17, 15) is 9.59 Å². The number of carbonyl (C=O) groups is 2. The highest BCUT2D eigenvalue weighted by molar-refractivity contribution is 7.99. The van der Waals surface area contributed by atoms with Crippen LogP contribution in [0.15, 0.2) is 35.2 Å². The summed E-state index contributed by atoms with van der Waals surface area (Å²) in [4.78, 5) is 25.0. The second-order valence-electron chi connectivity index (χ2n) is 6.25. The molecule has 1 aromatic rings. The standard InChI is InChI=1S/C17H26N2O2S/c1-13(19-16(21)17(2,3)4)15(20)18-11-8-12-22-14-9-6-5-7-10-14/h5-7,9-10,13H,8,11-12H2,1-4H3,(H,18,20)(H,19,21). The molecule has 0 fully saturated rings. The lowest BCUT2D eigenvalue weighted by Crippen LogP contribution is -2.48. The van der Waals surface area contributed by atoms with E-state index in [0.717, 1.165) is 12.2 Å². The highest BCUT2D eigenvalue weighted by Crippen LogP contribution is 2.17. The molecule has 1 unspecified atom stereocenters. The van der Waals surface area contributed by atoms with Gasteiger partial charge >= 0.3 is 0 Å². The van der Waals surface area contributed by atoms with Crippen molar-refractivity contribution in [3.63, 3.8) is 0 Å². The molecule has 1 rings (SSSR count). The van der Waals surface area contributed by atoms with Gasteiger partial charge in [-0.25, -0.2) is 0 Å². The lowest BCUT2D eigenvalue weighted by Gasteiger charge is -2.21. The van der Waals surface area contributed by atoms with E-state index in [4.69, 9.17) is 0 Å². The first kappa shape index (κ1) is 18.6. The second-order valence-corrected chi connectivity index (χ2v) is 7.42. The molecule has 1 atom stereocenters. The first-order valence-corrected chi connectivity index (χ1v) is 8.56. The van der Waals surface area contributed by atoms with Crippen LogP contribution in [0.2, 0.25) is 0 Å². The van der Waals surface area contributed by atoms with Gasteiger partial charge in [0, 0.05) is 16.9 Å². The number of benzene rings is 1. The largest absolute Gasteiger partial charge is 0.354 e.